The lowest BCUT2D eigenvalue weighted by Gasteiger charge is -2.33. The van der Waals surface area contributed by atoms with Crippen LogP contribution < -0.4 is 0 Å². The monoisotopic (exact) mass is 319 g/mol. The number of aryl methyl sites for hydroxylation is 1. The Bertz CT molecular complexity index is 496. The fraction of sp³-hybridized carbons (Fsp3) is 0.632. The zero-order valence-electron chi connectivity index (χ0n) is 14.8. The summed E-state index contributed by atoms with van der Waals surface area (Å²) in [6, 6.07) is 8.58. The molecule has 1 aromatic rings. The molecule has 128 valence electrons. The number of likely N-dealkylation sites (tertiary alicyclic amines) is 1. The highest BCUT2D eigenvalue weighted by atomic mass is 16.6. The largest absolute Gasteiger partial charge is 0.444 e. The summed E-state index contributed by atoms with van der Waals surface area (Å²) in [5, 5.41) is 0. The van der Waals surface area contributed by atoms with Gasteiger partial charge in [-0.1, -0.05) is 31.2 Å². The predicted octanol–water partition coefficient (Wildman–Crippen LogP) is 4.17. The van der Waals surface area contributed by atoms with Gasteiger partial charge in [-0.15, -0.1) is 0 Å². The summed E-state index contributed by atoms with van der Waals surface area (Å²) in [6.07, 6.45) is 2.80. The second-order valence-electron chi connectivity index (χ2n) is 7.15. The first-order chi connectivity index (χ1) is 10.9. The summed E-state index contributed by atoms with van der Waals surface area (Å²) in [5.74, 6) is 0. The van der Waals surface area contributed by atoms with Gasteiger partial charge in [-0.05, 0) is 51.2 Å². The van der Waals surface area contributed by atoms with Gasteiger partial charge in [0.05, 0.1) is 12.7 Å². The first-order valence-corrected chi connectivity index (χ1v) is 8.54. The third kappa shape index (κ3) is 5.87. The van der Waals surface area contributed by atoms with Crippen molar-refractivity contribution in [2.24, 2.45) is 0 Å². The SMILES string of the molecule is CCc1ccc(COC2CCN(C(=O)OC(C)(C)C)CC2)cc1. The van der Waals surface area contributed by atoms with E-state index in [1.807, 2.05) is 20.8 Å². The van der Waals surface area contributed by atoms with Crippen molar-refractivity contribution >= 4 is 6.09 Å². The molecule has 1 aliphatic rings. The Morgan fingerprint density at radius 2 is 1.70 bits per heavy atom. The third-order valence-corrected chi connectivity index (χ3v) is 4.01. The topological polar surface area (TPSA) is 38.8 Å². The predicted molar refractivity (Wildman–Crippen MR) is 91.4 cm³/mol. The number of nitrogens with zero attached hydrogens (tertiary/aromatic N) is 1. The zero-order chi connectivity index (χ0) is 16.9. The Morgan fingerprint density at radius 3 is 2.22 bits per heavy atom. The first-order valence-electron chi connectivity index (χ1n) is 8.54. The van der Waals surface area contributed by atoms with E-state index in [9.17, 15) is 4.79 Å². The van der Waals surface area contributed by atoms with Crippen molar-refractivity contribution in [1.82, 2.24) is 4.90 Å². The molecular formula is C19H29NO3. The number of amides is 1. The van der Waals surface area contributed by atoms with Gasteiger partial charge in [0.2, 0.25) is 0 Å². The Hall–Kier alpha value is -1.55. The van der Waals surface area contributed by atoms with Gasteiger partial charge in [0.25, 0.3) is 0 Å². The smallest absolute Gasteiger partial charge is 0.410 e. The summed E-state index contributed by atoms with van der Waals surface area (Å²) in [7, 11) is 0. The first kappa shape index (κ1) is 17.8. The van der Waals surface area contributed by atoms with E-state index in [0.29, 0.717) is 19.7 Å². The highest BCUT2D eigenvalue weighted by Crippen LogP contribution is 2.18. The van der Waals surface area contributed by atoms with Crippen LogP contribution in [0.2, 0.25) is 0 Å². The average Bonchev–Trinajstić information content (AvgIpc) is 2.52. The lowest BCUT2D eigenvalue weighted by molar-refractivity contribution is -0.0170. The van der Waals surface area contributed by atoms with Crippen LogP contribution in [0.4, 0.5) is 4.79 Å². The maximum absolute atomic E-state index is 12.0. The summed E-state index contributed by atoms with van der Waals surface area (Å²) in [5.41, 5.74) is 2.12. The molecule has 0 spiro atoms. The Kier molecular flexibility index (Phi) is 6.05. The van der Waals surface area contributed by atoms with E-state index in [4.69, 9.17) is 9.47 Å². The molecule has 23 heavy (non-hydrogen) atoms. The van der Waals surface area contributed by atoms with Crippen molar-refractivity contribution in [1.29, 1.82) is 0 Å². The minimum atomic E-state index is -0.435. The highest BCUT2D eigenvalue weighted by molar-refractivity contribution is 5.68. The number of carbonyl (C=O) groups is 1. The fourth-order valence-corrected chi connectivity index (χ4v) is 2.62. The number of ether oxygens (including phenoxy) is 2. The quantitative estimate of drug-likeness (QED) is 0.836. The lowest BCUT2D eigenvalue weighted by atomic mass is 10.1. The maximum atomic E-state index is 12.0. The second kappa shape index (κ2) is 7.82. The Balaban J connectivity index is 1.73. The number of rotatable bonds is 4. The zero-order valence-corrected chi connectivity index (χ0v) is 14.8. The van der Waals surface area contributed by atoms with Gasteiger partial charge in [-0.3, -0.25) is 0 Å². The van der Waals surface area contributed by atoms with E-state index in [2.05, 4.69) is 31.2 Å². The molecule has 0 N–H and O–H groups in total. The summed E-state index contributed by atoms with van der Waals surface area (Å²) in [4.78, 5) is 13.8. The number of benzene rings is 1. The van der Waals surface area contributed by atoms with Crippen LogP contribution in [0.15, 0.2) is 24.3 Å². The molecule has 0 bridgehead atoms. The lowest BCUT2D eigenvalue weighted by Crippen LogP contribution is -2.43. The molecule has 1 fully saturated rings. The molecule has 1 saturated heterocycles. The van der Waals surface area contributed by atoms with Crippen LogP contribution in [0, 0.1) is 0 Å². The summed E-state index contributed by atoms with van der Waals surface area (Å²) in [6.45, 7) is 9.88. The number of hydrogen-bond acceptors (Lipinski definition) is 3. The van der Waals surface area contributed by atoms with Crippen molar-refractivity contribution in [3.8, 4) is 0 Å². The van der Waals surface area contributed by atoms with Crippen molar-refractivity contribution in [3.63, 3.8) is 0 Å². The standard InChI is InChI=1S/C19H29NO3/c1-5-15-6-8-16(9-7-15)14-22-17-10-12-20(13-11-17)18(21)23-19(2,3)4/h6-9,17H,5,10-14H2,1-4H3. The molecular weight excluding hydrogens is 290 g/mol. The van der Waals surface area contributed by atoms with Crippen LogP contribution in [-0.4, -0.2) is 35.8 Å². The molecule has 2 rings (SSSR count). The average molecular weight is 319 g/mol. The van der Waals surface area contributed by atoms with E-state index in [0.717, 1.165) is 19.3 Å². The molecule has 0 aliphatic carbocycles. The van der Waals surface area contributed by atoms with Gasteiger partial charge in [0, 0.05) is 13.1 Å². The van der Waals surface area contributed by atoms with Crippen LogP contribution in [0.25, 0.3) is 0 Å². The van der Waals surface area contributed by atoms with Gasteiger partial charge in [0.1, 0.15) is 5.60 Å². The van der Waals surface area contributed by atoms with Gasteiger partial charge in [-0.25, -0.2) is 4.79 Å². The molecule has 0 atom stereocenters. The summed E-state index contributed by atoms with van der Waals surface area (Å²) >= 11 is 0. The number of piperidine rings is 1. The van der Waals surface area contributed by atoms with Crippen molar-refractivity contribution in [3.05, 3.63) is 35.4 Å². The van der Waals surface area contributed by atoms with Crippen LogP contribution in [-0.2, 0) is 22.5 Å². The minimum absolute atomic E-state index is 0.217. The molecule has 0 aromatic heterocycles. The van der Waals surface area contributed by atoms with Gasteiger partial charge < -0.3 is 14.4 Å². The van der Waals surface area contributed by atoms with Crippen molar-refractivity contribution < 1.29 is 14.3 Å². The van der Waals surface area contributed by atoms with E-state index >= 15 is 0 Å². The Morgan fingerprint density at radius 1 is 1.13 bits per heavy atom. The summed E-state index contributed by atoms with van der Waals surface area (Å²) < 4.78 is 11.4. The van der Waals surface area contributed by atoms with E-state index < -0.39 is 5.60 Å². The van der Waals surface area contributed by atoms with Gasteiger partial charge in [0.15, 0.2) is 0 Å². The van der Waals surface area contributed by atoms with Crippen LogP contribution >= 0.6 is 0 Å². The number of carbonyl (C=O) groups excluding carboxylic acids is 1. The molecule has 0 radical (unpaired) electrons. The molecule has 4 nitrogen and oxygen atoms in total. The molecule has 1 amide bonds. The Labute approximate surface area is 139 Å². The van der Waals surface area contributed by atoms with Crippen molar-refractivity contribution in [2.75, 3.05) is 13.1 Å². The highest BCUT2D eigenvalue weighted by Gasteiger charge is 2.27. The molecule has 0 saturated carbocycles. The normalized spacial score (nSPS) is 16.4. The molecule has 1 aromatic carbocycles. The van der Waals surface area contributed by atoms with Crippen LogP contribution in [0.1, 0.15) is 51.7 Å². The number of hydrogen-bond donors (Lipinski definition) is 0. The molecule has 1 heterocycles. The van der Waals surface area contributed by atoms with Gasteiger partial charge >= 0.3 is 6.09 Å². The molecule has 0 unspecified atom stereocenters. The maximum Gasteiger partial charge on any atom is 0.410 e. The van der Waals surface area contributed by atoms with Crippen LogP contribution in [0.3, 0.4) is 0 Å². The fourth-order valence-electron chi connectivity index (χ4n) is 2.62. The van der Waals surface area contributed by atoms with Crippen LogP contribution in [0.5, 0.6) is 0 Å². The second-order valence-corrected chi connectivity index (χ2v) is 7.15. The van der Waals surface area contributed by atoms with E-state index in [1.165, 1.54) is 11.1 Å². The molecule has 4 heteroatoms. The minimum Gasteiger partial charge on any atom is -0.444 e. The van der Waals surface area contributed by atoms with Gasteiger partial charge in [-0.2, -0.15) is 0 Å². The van der Waals surface area contributed by atoms with Crippen molar-refractivity contribution in [2.45, 2.75) is 65.3 Å². The third-order valence-electron chi connectivity index (χ3n) is 4.01. The van der Waals surface area contributed by atoms with E-state index in [1.54, 1.807) is 4.90 Å². The molecule has 1 aliphatic heterocycles. The van der Waals surface area contributed by atoms with E-state index in [-0.39, 0.29) is 12.2 Å².